The summed E-state index contributed by atoms with van der Waals surface area (Å²) in [7, 11) is 2.79. The van der Waals surface area contributed by atoms with Gasteiger partial charge in [-0.1, -0.05) is 24.3 Å². The predicted octanol–water partition coefficient (Wildman–Crippen LogP) is 5.16. The van der Waals surface area contributed by atoms with Gasteiger partial charge in [0.15, 0.2) is 0 Å². The Kier molecular flexibility index (Phi) is 4.94. The Bertz CT molecular complexity index is 942. The second-order valence-electron chi connectivity index (χ2n) is 5.75. The van der Waals surface area contributed by atoms with Gasteiger partial charge in [0.05, 0.1) is 19.8 Å². The summed E-state index contributed by atoms with van der Waals surface area (Å²) in [5.74, 6) is 0.0585. The highest BCUT2D eigenvalue weighted by atomic mass is 19.4. The first-order valence-corrected chi connectivity index (χ1v) is 7.97. The van der Waals surface area contributed by atoms with Gasteiger partial charge in [-0.3, -0.25) is 0 Å². The van der Waals surface area contributed by atoms with Gasteiger partial charge in [0, 0.05) is 17.3 Å². The van der Waals surface area contributed by atoms with Crippen molar-refractivity contribution >= 4 is 5.97 Å². The van der Waals surface area contributed by atoms with E-state index in [2.05, 4.69) is 4.98 Å². The maximum atomic E-state index is 12.8. The van der Waals surface area contributed by atoms with E-state index in [0.717, 1.165) is 17.7 Å². The summed E-state index contributed by atoms with van der Waals surface area (Å²) in [6.45, 7) is 0. The molecule has 0 bridgehead atoms. The fourth-order valence-corrected chi connectivity index (χ4v) is 2.81. The average Bonchev–Trinajstić information content (AvgIpc) is 3.12. The minimum Gasteiger partial charge on any atom is -0.497 e. The molecule has 0 aliphatic rings. The lowest BCUT2D eigenvalue weighted by Gasteiger charge is -2.10. The van der Waals surface area contributed by atoms with Crippen molar-refractivity contribution in [2.24, 2.45) is 0 Å². The molecule has 3 aromatic rings. The molecule has 0 spiro atoms. The summed E-state index contributed by atoms with van der Waals surface area (Å²) in [6.07, 6.45) is -2.80. The van der Waals surface area contributed by atoms with Crippen LogP contribution in [0.15, 0.2) is 54.7 Å². The van der Waals surface area contributed by atoms with Crippen LogP contribution in [0.5, 0.6) is 5.75 Å². The zero-order valence-electron chi connectivity index (χ0n) is 14.6. The van der Waals surface area contributed by atoms with E-state index in [0.29, 0.717) is 22.4 Å². The first kappa shape index (κ1) is 18.6. The van der Waals surface area contributed by atoms with Crippen molar-refractivity contribution in [3.8, 4) is 28.0 Å². The fourth-order valence-electron chi connectivity index (χ4n) is 2.81. The number of alkyl halides is 3. The number of ether oxygens (including phenoxy) is 2. The van der Waals surface area contributed by atoms with Gasteiger partial charge in [0.2, 0.25) is 0 Å². The fraction of sp³-hybridized carbons (Fsp3) is 0.150. The van der Waals surface area contributed by atoms with Crippen LogP contribution in [-0.4, -0.2) is 25.2 Å². The smallest absolute Gasteiger partial charge is 0.416 e. The zero-order valence-corrected chi connectivity index (χ0v) is 14.6. The van der Waals surface area contributed by atoms with Crippen molar-refractivity contribution in [3.63, 3.8) is 0 Å². The Hall–Kier alpha value is -3.22. The van der Waals surface area contributed by atoms with Crippen LogP contribution in [0.25, 0.3) is 22.3 Å². The van der Waals surface area contributed by atoms with Gasteiger partial charge in [-0.2, -0.15) is 13.2 Å². The third-order valence-electron chi connectivity index (χ3n) is 4.17. The number of aromatic amines is 1. The number of nitrogens with one attached hydrogen (secondary N) is 1. The van der Waals surface area contributed by atoms with Crippen molar-refractivity contribution in [2.75, 3.05) is 14.2 Å². The largest absolute Gasteiger partial charge is 0.497 e. The lowest BCUT2D eigenvalue weighted by molar-refractivity contribution is -0.137. The molecule has 0 saturated heterocycles. The van der Waals surface area contributed by atoms with Crippen LogP contribution in [0.1, 0.15) is 16.1 Å². The number of rotatable bonds is 4. The molecule has 0 amide bonds. The van der Waals surface area contributed by atoms with E-state index in [4.69, 9.17) is 9.47 Å². The Balaban J connectivity index is 2.13. The van der Waals surface area contributed by atoms with Crippen molar-refractivity contribution in [1.82, 2.24) is 4.98 Å². The summed E-state index contributed by atoms with van der Waals surface area (Å²) in [5.41, 5.74) is 1.79. The van der Waals surface area contributed by atoms with Crippen LogP contribution >= 0.6 is 0 Å². The van der Waals surface area contributed by atoms with Crippen LogP contribution in [0.2, 0.25) is 0 Å². The number of esters is 1. The third kappa shape index (κ3) is 3.67. The van der Waals surface area contributed by atoms with E-state index >= 15 is 0 Å². The Morgan fingerprint density at radius 2 is 1.52 bits per heavy atom. The van der Waals surface area contributed by atoms with Crippen molar-refractivity contribution in [3.05, 3.63) is 66.0 Å². The topological polar surface area (TPSA) is 51.3 Å². The molecular weight excluding hydrogens is 359 g/mol. The van der Waals surface area contributed by atoms with Crippen molar-refractivity contribution in [1.29, 1.82) is 0 Å². The molecule has 3 rings (SSSR count). The quantitative estimate of drug-likeness (QED) is 0.641. The van der Waals surface area contributed by atoms with Gasteiger partial charge in [-0.05, 0) is 35.4 Å². The molecule has 7 heteroatoms. The molecule has 0 atom stereocenters. The normalized spacial score (nSPS) is 11.3. The number of hydrogen-bond donors (Lipinski definition) is 1. The lowest BCUT2D eigenvalue weighted by Crippen LogP contribution is -2.05. The summed E-state index contributed by atoms with van der Waals surface area (Å²) in [6, 6.07) is 11.8. The van der Waals surface area contributed by atoms with Gasteiger partial charge in [-0.15, -0.1) is 0 Å². The lowest BCUT2D eigenvalue weighted by atomic mass is 9.96. The number of H-pyrrole nitrogens is 1. The Labute approximate surface area is 153 Å². The second-order valence-corrected chi connectivity index (χ2v) is 5.75. The van der Waals surface area contributed by atoms with E-state index in [1.807, 2.05) is 0 Å². The highest BCUT2D eigenvalue weighted by Crippen LogP contribution is 2.37. The zero-order chi connectivity index (χ0) is 19.6. The maximum absolute atomic E-state index is 12.8. The SMILES string of the molecule is COC(=O)c1[nH]cc(-c2ccc(OC)cc2)c1-c1ccc(C(F)(F)F)cc1. The first-order valence-electron chi connectivity index (χ1n) is 7.97. The van der Waals surface area contributed by atoms with Crippen LogP contribution in [-0.2, 0) is 10.9 Å². The minimum atomic E-state index is -4.43. The number of benzene rings is 2. The molecular formula is C20H16F3NO3. The predicted molar refractivity (Wildman–Crippen MR) is 94.6 cm³/mol. The van der Waals surface area contributed by atoms with Gasteiger partial charge < -0.3 is 14.5 Å². The molecule has 27 heavy (non-hydrogen) atoms. The molecule has 0 unspecified atom stereocenters. The van der Waals surface area contributed by atoms with E-state index in [1.165, 1.54) is 19.2 Å². The highest BCUT2D eigenvalue weighted by Gasteiger charge is 2.30. The number of methoxy groups -OCH3 is 2. The summed E-state index contributed by atoms with van der Waals surface area (Å²) < 4.78 is 48.5. The molecule has 1 N–H and O–H groups in total. The van der Waals surface area contributed by atoms with Gasteiger partial charge in [-0.25, -0.2) is 4.79 Å². The van der Waals surface area contributed by atoms with E-state index in [-0.39, 0.29) is 5.69 Å². The molecule has 4 nitrogen and oxygen atoms in total. The number of carbonyl (C=O) groups excluding carboxylic acids is 1. The number of carbonyl (C=O) groups is 1. The van der Waals surface area contributed by atoms with Crippen LogP contribution in [0, 0.1) is 0 Å². The van der Waals surface area contributed by atoms with E-state index in [9.17, 15) is 18.0 Å². The molecule has 0 fully saturated rings. The summed E-state index contributed by atoms with van der Waals surface area (Å²) in [5, 5.41) is 0. The number of hydrogen-bond acceptors (Lipinski definition) is 3. The molecule has 0 radical (unpaired) electrons. The number of halogens is 3. The highest BCUT2D eigenvalue weighted by molar-refractivity contribution is 6.01. The van der Waals surface area contributed by atoms with Crippen molar-refractivity contribution < 1.29 is 27.4 Å². The maximum Gasteiger partial charge on any atom is 0.416 e. The molecule has 1 heterocycles. The van der Waals surface area contributed by atoms with Crippen LogP contribution in [0.3, 0.4) is 0 Å². The molecule has 0 aliphatic carbocycles. The van der Waals surface area contributed by atoms with Crippen molar-refractivity contribution in [2.45, 2.75) is 6.18 Å². The molecule has 0 saturated carbocycles. The molecule has 2 aromatic carbocycles. The Morgan fingerprint density at radius 1 is 0.926 bits per heavy atom. The third-order valence-corrected chi connectivity index (χ3v) is 4.17. The molecule has 1 aromatic heterocycles. The number of aromatic nitrogens is 1. The van der Waals surface area contributed by atoms with E-state index in [1.54, 1.807) is 37.6 Å². The monoisotopic (exact) mass is 375 g/mol. The van der Waals surface area contributed by atoms with Gasteiger partial charge in [0.1, 0.15) is 11.4 Å². The Morgan fingerprint density at radius 3 is 2.04 bits per heavy atom. The van der Waals surface area contributed by atoms with Gasteiger partial charge in [0.25, 0.3) is 0 Å². The summed E-state index contributed by atoms with van der Waals surface area (Å²) in [4.78, 5) is 15.0. The van der Waals surface area contributed by atoms with Gasteiger partial charge >= 0.3 is 12.1 Å². The first-order chi connectivity index (χ1) is 12.8. The summed E-state index contributed by atoms with van der Waals surface area (Å²) >= 11 is 0. The average molecular weight is 375 g/mol. The standard InChI is InChI=1S/C20H16F3NO3/c1-26-15-9-5-12(6-10-15)16-11-24-18(19(25)27-2)17(16)13-3-7-14(8-4-13)20(21,22)23/h3-11,24H,1-2H3. The molecule has 140 valence electrons. The van der Waals surface area contributed by atoms with Crippen LogP contribution < -0.4 is 4.74 Å². The van der Waals surface area contributed by atoms with E-state index < -0.39 is 17.7 Å². The van der Waals surface area contributed by atoms with Crippen LogP contribution in [0.4, 0.5) is 13.2 Å². The second kappa shape index (κ2) is 7.19. The minimum absolute atomic E-state index is 0.170. The molecule has 0 aliphatic heterocycles.